The molecule has 0 bridgehead atoms. The highest BCUT2D eigenvalue weighted by Gasteiger charge is 2.25. The first-order valence-corrected chi connectivity index (χ1v) is 4.75. The number of carboxylic acid groups (broad SMARTS) is 1. The highest BCUT2D eigenvalue weighted by atomic mass is 16.6. The molecule has 0 radical (unpaired) electrons. The summed E-state index contributed by atoms with van der Waals surface area (Å²) < 4.78 is 4.43. The van der Waals surface area contributed by atoms with Crippen LogP contribution in [0.2, 0.25) is 0 Å². The molecule has 0 aromatic carbocycles. The van der Waals surface area contributed by atoms with Crippen molar-refractivity contribution in [2.24, 2.45) is 5.73 Å². The molecule has 15 heavy (non-hydrogen) atoms. The molecule has 0 aliphatic carbocycles. The quantitative estimate of drug-likeness (QED) is 0.692. The maximum Gasteiger partial charge on any atom is 0.362 e. The average Bonchev–Trinajstić information content (AvgIpc) is 2.67. The van der Waals surface area contributed by atoms with Gasteiger partial charge in [-0.1, -0.05) is 0 Å². The summed E-state index contributed by atoms with van der Waals surface area (Å²) in [6.07, 6.45) is 1.65. The van der Waals surface area contributed by atoms with Crippen LogP contribution >= 0.6 is 0 Å². The minimum atomic E-state index is -1.12. The van der Waals surface area contributed by atoms with Gasteiger partial charge in [0.15, 0.2) is 0 Å². The number of carbonyl (C=O) groups is 1. The monoisotopic (exact) mass is 212 g/mol. The number of anilines is 1. The van der Waals surface area contributed by atoms with Gasteiger partial charge < -0.3 is 15.7 Å². The lowest BCUT2D eigenvalue weighted by atomic mass is 10.1. The van der Waals surface area contributed by atoms with Gasteiger partial charge in [0.05, 0.1) is 0 Å². The van der Waals surface area contributed by atoms with Crippen molar-refractivity contribution in [2.75, 3.05) is 18.0 Å². The van der Waals surface area contributed by atoms with Gasteiger partial charge in [-0.15, -0.1) is 0 Å². The smallest absolute Gasteiger partial charge is 0.362 e. The van der Waals surface area contributed by atoms with E-state index in [9.17, 15) is 4.79 Å². The number of hydrogen-bond acceptors (Lipinski definition) is 6. The van der Waals surface area contributed by atoms with E-state index in [2.05, 4.69) is 14.9 Å². The molecule has 0 amide bonds. The van der Waals surface area contributed by atoms with Crippen LogP contribution in [-0.4, -0.2) is 40.5 Å². The molecule has 1 saturated heterocycles. The van der Waals surface area contributed by atoms with Crippen molar-refractivity contribution >= 4 is 11.8 Å². The van der Waals surface area contributed by atoms with E-state index in [1.165, 1.54) is 0 Å². The molecule has 2 heterocycles. The molecule has 2 rings (SSSR count). The first kappa shape index (κ1) is 9.91. The summed E-state index contributed by atoms with van der Waals surface area (Å²) >= 11 is 0. The SMILES string of the molecule is NC1CCN(c2nonc2C(=O)O)CC1. The summed E-state index contributed by atoms with van der Waals surface area (Å²) in [5.41, 5.74) is 5.61. The van der Waals surface area contributed by atoms with Crippen molar-refractivity contribution in [3.05, 3.63) is 5.69 Å². The molecule has 3 N–H and O–H groups in total. The second kappa shape index (κ2) is 3.85. The van der Waals surface area contributed by atoms with E-state index in [0.717, 1.165) is 12.8 Å². The second-order valence-corrected chi connectivity index (χ2v) is 3.57. The summed E-state index contributed by atoms with van der Waals surface area (Å²) in [6.45, 7) is 1.38. The van der Waals surface area contributed by atoms with Crippen molar-refractivity contribution in [3.8, 4) is 0 Å². The Morgan fingerprint density at radius 2 is 2.13 bits per heavy atom. The fourth-order valence-corrected chi connectivity index (χ4v) is 1.64. The third-order valence-corrected chi connectivity index (χ3v) is 2.51. The van der Waals surface area contributed by atoms with E-state index < -0.39 is 5.97 Å². The molecule has 1 aliphatic rings. The Hall–Kier alpha value is -1.63. The van der Waals surface area contributed by atoms with E-state index in [1.807, 2.05) is 4.90 Å². The third kappa shape index (κ3) is 1.91. The van der Waals surface area contributed by atoms with Crippen molar-refractivity contribution in [3.63, 3.8) is 0 Å². The van der Waals surface area contributed by atoms with E-state index in [-0.39, 0.29) is 11.7 Å². The molecule has 0 spiro atoms. The van der Waals surface area contributed by atoms with E-state index in [4.69, 9.17) is 10.8 Å². The number of rotatable bonds is 2. The highest BCUT2D eigenvalue weighted by molar-refractivity contribution is 5.90. The van der Waals surface area contributed by atoms with Gasteiger partial charge >= 0.3 is 5.97 Å². The van der Waals surface area contributed by atoms with Gasteiger partial charge in [-0.2, -0.15) is 0 Å². The Balaban J connectivity index is 2.15. The van der Waals surface area contributed by atoms with Gasteiger partial charge in [0.1, 0.15) is 0 Å². The van der Waals surface area contributed by atoms with Crippen LogP contribution in [0.3, 0.4) is 0 Å². The maximum atomic E-state index is 10.8. The van der Waals surface area contributed by atoms with E-state index >= 15 is 0 Å². The predicted octanol–water partition coefficient (Wildman–Crippen LogP) is -0.305. The number of piperidine rings is 1. The molecule has 0 unspecified atom stereocenters. The van der Waals surface area contributed by atoms with Crippen LogP contribution in [0, 0.1) is 0 Å². The number of aromatic carboxylic acids is 1. The van der Waals surface area contributed by atoms with Crippen LogP contribution in [0.15, 0.2) is 4.63 Å². The minimum absolute atomic E-state index is 0.134. The number of nitrogens with zero attached hydrogens (tertiary/aromatic N) is 3. The Morgan fingerprint density at radius 3 is 2.73 bits per heavy atom. The fourth-order valence-electron chi connectivity index (χ4n) is 1.64. The Kier molecular flexibility index (Phi) is 2.55. The van der Waals surface area contributed by atoms with Gasteiger partial charge in [0.25, 0.3) is 0 Å². The van der Waals surface area contributed by atoms with Gasteiger partial charge in [-0.05, 0) is 23.2 Å². The number of nitrogens with two attached hydrogens (primary N) is 1. The lowest BCUT2D eigenvalue weighted by Crippen LogP contribution is -2.40. The van der Waals surface area contributed by atoms with Crippen LogP contribution in [-0.2, 0) is 0 Å². The molecular weight excluding hydrogens is 200 g/mol. The van der Waals surface area contributed by atoms with Gasteiger partial charge in [0, 0.05) is 19.1 Å². The van der Waals surface area contributed by atoms with Crippen LogP contribution in [0.25, 0.3) is 0 Å². The Morgan fingerprint density at radius 1 is 1.47 bits per heavy atom. The van der Waals surface area contributed by atoms with Crippen molar-refractivity contribution in [1.29, 1.82) is 0 Å². The summed E-state index contributed by atoms with van der Waals surface area (Å²) in [4.78, 5) is 12.6. The molecule has 1 aromatic heterocycles. The molecule has 1 fully saturated rings. The second-order valence-electron chi connectivity index (χ2n) is 3.57. The first-order valence-electron chi connectivity index (χ1n) is 4.75. The normalized spacial score (nSPS) is 18.1. The third-order valence-electron chi connectivity index (χ3n) is 2.51. The highest BCUT2D eigenvalue weighted by Crippen LogP contribution is 2.20. The summed E-state index contributed by atoms with van der Waals surface area (Å²) in [7, 11) is 0. The van der Waals surface area contributed by atoms with Gasteiger partial charge in [-0.3, -0.25) is 0 Å². The fraction of sp³-hybridized carbons (Fsp3) is 0.625. The summed E-state index contributed by atoms with van der Waals surface area (Å²) in [5, 5.41) is 15.8. The van der Waals surface area contributed by atoms with Crippen molar-refractivity contribution in [2.45, 2.75) is 18.9 Å². The lowest BCUT2D eigenvalue weighted by molar-refractivity contribution is 0.0685. The zero-order chi connectivity index (χ0) is 10.8. The molecule has 0 saturated carbocycles. The van der Waals surface area contributed by atoms with Crippen LogP contribution in [0.4, 0.5) is 5.82 Å². The molecule has 82 valence electrons. The number of carboxylic acids is 1. The van der Waals surface area contributed by atoms with Crippen LogP contribution in [0.5, 0.6) is 0 Å². The molecule has 1 aromatic rings. The largest absolute Gasteiger partial charge is 0.476 e. The maximum absolute atomic E-state index is 10.8. The lowest BCUT2D eigenvalue weighted by Gasteiger charge is -2.29. The summed E-state index contributed by atoms with van der Waals surface area (Å²) in [6, 6.07) is 0.189. The molecule has 7 nitrogen and oxygen atoms in total. The molecular formula is C8H12N4O3. The number of aromatic nitrogens is 2. The zero-order valence-corrected chi connectivity index (χ0v) is 8.09. The van der Waals surface area contributed by atoms with Crippen molar-refractivity contribution in [1.82, 2.24) is 10.3 Å². The number of hydrogen-bond donors (Lipinski definition) is 2. The topological polar surface area (TPSA) is 105 Å². The van der Waals surface area contributed by atoms with E-state index in [0.29, 0.717) is 18.9 Å². The van der Waals surface area contributed by atoms with Crippen LogP contribution in [0.1, 0.15) is 23.3 Å². The standard InChI is InChI=1S/C8H12N4O3/c9-5-1-3-12(4-2-5)7-6(8(13)14)10-15-11-7/h5H,1-4,9H2,(H,13,14). The average molecular weight is 212 g/mol. The molecule has 1 aliphatic heterocycles. The van der Waals surface area contributed by atoms with Gasteiger partial charge in [-0.25, -0.2) is 9.42 Å². The van der Waals surface area contributed by atoms with Crippen molar-refractivity contribution < 1.29 is 14.5 Å². The first-order chi connectivity index (χ1) is 7.18. The summed E-state index contributed by atoms with van der Waals surface area (Å²) in [5.74, 6) is -0.824. The Labute approximate surface area is 85.8 Å². The zero-order valence-electron chi connectivity index (χ0n) is 8.09. The van der Waals surface area contributed by atoms with E-state index in [1.54, 1.807) is 0 Å². The van der Waals surface area contributed by atoms with Crippen LogP contribution < -0.4 is 10.6 Å². The molecule has 0 atom stereocenters. The minimum Gasteiger partial charge on any atom is -0.476 e. The Bertz CT molecular complexity index is 357. The molecule has 7 heteroatoms. The predicted molar refractivity (Wildman–Crippen MR) is 50.7 cm³/mol. The van der Waals surface area contributed by atoms with Gasteiger partial charge in [0.2, 0.25) is 11.5 Å².